The van der Waals surface area contributed by atoms with Gasteiger partial charge in [-0.1, -0.05) is 0 Å². The normalized spacial score (nSPS) is 12.8. The molecule has 5 nitrogen and oxygen atoms in total. The van der Waals surface area contributed by atoms with E-state index in [4.69, 9.17) is 5.11 Å². The fourth-order valence-electron chi connectivity index (χ4n) is 1.21. The smallest absolute Gasteiger partial charge is 0.325 e. The number of aliphatic carboxylic acids is 1. The summed E-state index contributed by atoms with van der Waals surface area (Å²) in [6.07, 6.45) is 1.57. The molecule has 0 bridgehead atoms. The minimum atomic E-state index is -0.890. The second kappa shape index (κ2) is 3.57. The topological polar surface area (TPSA) is 67.2 Å². The number of aromatic nitrogens is 2. The van der Waals surface area contributed by atoms with Gasteiger partial charge in [-0.3, -0.25) is 9.48 Å². The molecule has 1 unspecified atom stereocenters. The zero-order chi connectivity index (χ0) is 10.0. The van der Waals surface area contributed by atoms with E-state index in [0.29, 0.717) is 5.56 Å². The third-order valence-electron chi connectivity index (χ3n) is 2.12. The molecule has 1 atom stereocenters. The summed E-state index contributed by atoms with van der Waals surface area (Å²) in [4.78, 5) is 10.8. The van der Waals surface area contributed by atoms with Crippen LogP contribution in [0, 0.1) is 6.92 Å². The molecular weight excluding hydrogens is 170 g/mol. The van der Waals surface area contributed by atoms with Gasteiger partial charge in [-0.15, -0.1) is 0 Å². The third-order valence-corrected chi connectivity index (χ3v) is 2.12. The Bertz CT molecular complexity index is 319. The summed E-state index contributed by atoms with van der Waals surface area (Å²) < 4.78 is 1.66. The fourth-order valence-corrected chi connectivity index (χ4v) is 1.21. The average molecular weight is 183 g/mol. The molecule has 0 aliphatic rings. The first kappa shape index (κ1) is 9.73. The molecule has 5 heteroatoms. The zero-order valence-electron chi connectivity index (χ0n) is 7.90. The highest BCUT2D eigenvalue weighted by atomic mass is 16.4. The average Bonchev–Trinajstić information content (AvgIpc) is 2.37. The van der Waals surface area contributed by atoms with Crippen molar-refractivity contribution >= 4 is 5.97 Å². The van der Waals surface area contributed by atoms with Crippen LogP contribution >= 0.6 is 0 Å². The predicted molar refractivity (Wildman–Crippen MR) is 47.4 cm³/mol. The van der Waals surface area contributed by atoms with Crippen LogP contribution in [-0.4, -0.2) is 27.9 Å². The second-order valence-corrected chi connectivity index (χ2v) is 2.87. The number of rotatable bonds is 3. The summed E-state index contributed by atoms with van der Waals surface area (Å²) in [6.45, 7) is 1.84. The molecule has 0 amide bonds. The summed E-state index contributed by atoms with van der Waals surface area (Å²) in [5.74, 6) is -0.890. The number of carboxylic acid groups (broad SMARTS) is 1. The Kier molecular flexibility index (Phi) is 2.67. The molecule has 2 N–H and O–H groups in total. The lowest BCUT2D eigenvalue weighted by atomic mass is 10.1. The Hall–Kier alpha value is -1.36. The van der Waals surface area contributed by atoms with E-state index >= 15 is 0 Å². The molecule has 0 aliphatic carbocycles. The van der Waals surface area contributed by atoms with Crippen molar-refractivity contribution in [3.05, 3.63) is 17.5 Å². The molecule has 13 heavy (non-hydrogen) atoms. The number of hydrogen-bond donors (Lipinski definition) is 2. The van der Waals surface area contributed by atoms with E-state index in [2.05, 4.69) is 10.4 Å². The van der Waals surface area contributed by atoms with Crippen LogP contribution < -0.4 is 5.32 Å². The largest absolute Gasteiger partial charge is 0.480 e. The number of carbonyl (C=O) groups is 1. The van der Waals surface area contributed by atoms with Crippen molar-refractivity contribution in [2.45, 2.75) is 13.0 Å². The van der Waals surface area contributed by atoms with Gasteiger partial charge in [0.15, 0.2) is 0 Å². The van der Waals surface area contributed by atoms with Crippen LogP contribution in [0.5, 0.6) is 0 Å². The predicted octanol–water partition coefficient (Wildman–Crippen LogP) is 0.0736. The summed E-state index contributed by atoms with van der Waals surface area (Å²) in [6, 6.07) is -0.673. The molecule has 1 aromatic rings. The minimum absolute atomic E-state index is 0.673. The van der Waals surface area contributed by atoms with Crippen LogP contribution in [0.25, 0.3) is 0 Å². The van der Waals surface area contributed by atoms with Crippen molar-refractivity contribution in [1.29, 1.82) is 0 Å². The first-order chi connectivity index (χ1) is 6.07. The van der Waals surface area contributed by atoms with Crippen molar-refractivity contribution in [2.24, 2.45) is 7.05 Å². The lowest BCUT2D eigenvalue weighted by molar-refractivity contribution is -0.139. The second-order valence-electron chi connectivity index (χ2n) is 2.87. The number of nitrogens with one attached hydrogen (secondary N) is 1. The molecule has 1 heterocycles. The molecule has 1 aromatic heterocycles. The van der Waals surface area contributed by atoms with Gasteiger partial charge in [0.25, 0.3) is 0 Å². The lowest BCUT2D eigenvalue weighted by Gasteiger charge is -2.09. The van der Waals surface area contributed by atoms with Gasteiger partial charge in [-0.2, -0.15) is 5.10 Å². The summed E-state index contributed by atoms with van der Waals surface area (Å²) >= 11 is 0. The summed E-state index contributed by atoms with van der Waals surface area (Å²) in [7, 11) is 3.40. The van der Waals surface area contributed by atoms with E-state index in [1.165, 1.54) is 0 Å². The van der Waals surface area contributed by atoms with Crippen molar-refractivity contribution in [3.8, 4) is 0 Å². The van der Waals surface area contributed by atoms with Gasteiger partial charge >= 0.3 is 5.97 Å². The monoisotopic (exact) mass is 183 g/mol. The van der Waals surface area contributed by atoms with Crippen molar-refractivity contribution in [1.82, 2.24) is 15.1 Å². The van der Waals surface area contributed by atoms with Crippen molar-refractivity contribution < 1.29 is 9.90 Å². The summed E-state index contributed by atoms with van der Waals surface area (Å²) in [5, 5.41) is 15.6. The van der Waals surface area contributed by atoms with Crippen molar-refractivity contribution in [2.75, 3.05) is 7.05 Å². The number of likely N-dealkylation sites (N-methyl/N-ethyl adjacent to an activating group) is 1. The van der Waals surface area contributed by atoms with E-state index in [0.717, 1.165) is 5.69 Å². The van der Waals surface area contributed by atoms with Gasteiger partial charge in [-0.05, 0) is 14.0 Å². The molecule has 72 valence electrons. The molecule has 0 radical (unpaired) electrons. The SMILES string of the molecule is CNC(C(=O)O)c1cnn(C)c1C. The van der Waals surface area contributed by atoms with Gasteiger partial charge in [0.2, 0.25) is 0 Å². The quantitative estimate of drug-likeness (QED) is 0.696. The van der Waals surface area contributed by atoms with Crippen LogP contribution in [0.2, 0.25) is 0 Å². The Labute approximate surface area is 76.4 Å². The van der Waals surface area contributed by atoms with Gasteiger partial charge in [-0.25, -0.2) is 0 Å². The Morgan fingerprint density at radius 1 is 1.77 bits per heavy atom. The van der Waals surface area contributed by atoms with Gasteiger partial charge in [0, 0.05) is 18.3 Å². The minimum Gasteiger partial charge on any atom is -0.480 e. The highest BCUT2D eigenvalue weighted by Crippen LogP contribution is 2.15. The van der Waals surface area contributed by atoms with Gasteiger partial charge in [0.1, 0.15) is 6.04 Å². The van der Waals surface area contributed by atoms with Crippen LogP contribution in [0.1, 0.15) is 17.3 Å². The van der Waals surface area contributed by atoms with E-state index in [-0.39, 0.29) is 0 Å². The van der Waals surface area contributed by atoms with Crippen LogP contribution in [0.15, 0.2) is 6.20 Å². The van der Waals surface area contributed by atoms with Crippen LogP contribution in [0.4, 0.5) is 0 Å². The first-order valence-corrected chi connectivity index (χ1v) is 3.96. The maximum Gasteiger partial charge on any atom is 0.325 e. The Balaban J connectivity index is 3.05. The lowest BCUT2D eigenvalue weighted by Crippen LogP contribution is -2.25. The maximum atomic E-state index is 10.8. The van der Waals surface area contributed by atoms with Crippen LogP contribution in [0.3, 0.4) is 0 Å². The number of carboxylic acids is 1. The number of hydrogen-bond acceptors (Lipinski definition) is 3. The molecule has 0 saturated carbocycles. The highest BCUT2D eigenvalue weighted by Gasteiger charge is 2.21. The molecule has 0 fully saturated rings. The molecule has 0 spiro atoms. The van der Waals surface area contributed by atoms with E-state index in [1.54, 1.807) is 25.0 Å². The third kappa shape index (κ3) is 1.70. The number of aryl methyl sites for hydroxylation is 1. The number of nitrogens with zero attached hydrogens (tertiary/aromatic N) is 2. The Morgan fingerprint density at radius 2 is 2.38 bits per heavy atom. The molecule has 1 rings (SSSR count). The maximum absolute atomic E-state index is 10.8. The molecule has 0 aliphatic heterocycles. The van der Waals surface area contributed by atoms with E-state index in [9.17, 15) is 4.79 Å². The highest BCUT2D eigenvalue weighted by molar-refractivity contribution is 5.75. The summed E-state index contributed by atoms with van der Waals surface area (Å²) in [5.41, 5.74) is 1.57. The zero-order valence-corrected chi connectivity index (χ0v) is 7.90. The molecule has 0 aromatic carbocycles. The standard InChI is InChI=1S/C8H13N3O2/c1-5-6(4-10-11(5)3)7(9-2)8(12)13/h4,7,9H,1-3H3,(H,12,13). The van der Waals surface area contributed by atoms with E-state index in [1.807, 2.05) is 6.92 Å². The van der Waals surface area contributed by atoms with Crippen LogP contribution in [-0.2, 0) is 11.8 Å². The van der Waals surface area contributed by atoms with Crippen molar-refractivity contribution in [3.63, 3.8) is 0 Å². The fraction of sp³-hybridized carbons (Fsp3) is 0.500. The Morgan fingerprint density at radius 3 is 2.69 bits per heavy atom. The van der Waals surface area contributed by atoms with Gasteiger partial charge < -0.3 is 10.4 Å². The molecular formula is C8H13N3O2. The van der Waals surface area contributed by atoms with Gasteiger partial charge in [0.05, 0.1) is 6.20 Å². The molecule has 0 saturated heterocycles. The first-order valence-electron chi connectivity index (χ1n) is 3.96. The van der Waals surface area contributed by atoms with E-state index < -0.39 is 12.0 Å².